The van der Waals surface area contributed by atoms with Gasteiger partial charge in [0.2, 0.25) is 0 Å². The van der Waals surface area contributed by atoms with E-state index in [0.717, 1.165) is 12.0 Å². The van der Waals surface area contributed by atoms with E-state index in [0.29, 0.717) is 17.9 Å². The average Bonchev–Trinajstić information content (AvgIpc) is 2.65. The number of hydrogen-bond acceptors (Lipinski definition) is 4. The number of nitrogens with one attached hydrogen (secondary N) is 1. The van der Waals surface area contributed by atoms with Crippen molar-refractivity contribution >= 4 is 11.9 Å². The molecule has 1 atom stereocenters. The first kappa shape index (κ1) is 18.5. The molecule has 2 aromatic carbocycles. The molecular weight excluding hydrogens is 318 g/mol. The van der Waals surface area contributed by atoms with Crippen molar-refractivity contribution in [3.8, 4) is 5.75 Å². The summed E-state index contributed by atoms with van der Waals surface area (Å²) in [5.74, 6) is -0.176. The highest BCUT2D eigenvalue weighted by Crippen LogP contribution is 2.14. The Labute approximate surface area is 148 Å². The Bertz CT molecular complexity index is 683. The van der Waals surface area contributed by atoms with Crippen LogP contribution in [-0.4, -0.2) is 25.1 Å². The van der Waals surface area contributed by atoms with E-state index in [1.54, 1.807) is 24.3 Å². The van der Waals surface area contributed by atoms with E-state index in [1.165, 1.54) is 0 Å². The molecular formula is C20H23NO4. The number of benzene rings is 2. The summed E-state index contributed by atoms with van der Waals surface area (Å²) >= 11 is 0. The topological polar surface area (TPSA) is 64.6 Å². The van der Waals surface area contributed by atoms with Gasteiger partial charge in [0.1, 0.15) is 5.75 Å². The Hall–Kier alpha value is -2.82. The van der Waals surface area contributed by atoms with Crippen LogP contribution in [0.25, 0.3) is 0 Å². The van der Waals surface area contributed by atoms with Crippen molar-refractivity contribution in [1.82, 2.24) is 5.32 Å². The standard InChI is InChI=1S/C20H23NO4/c1-3-13-24-18-11-9-17(10-12-18)20(23)25-14-19(22)21-15(2)16-7-5-4-6-8-16/h4-12,15H,3,13-14H2,1-2H3,(H,21,22). The maximum atomic E-state index is 12.0. The molecule has 5 nitrogen and oxygen atoms in total. The fraction of sp³-hybridized carbons (Fsp3) is 0.300. The quantitative estimate of drug-likeness (QED) is 0.746. The second kappa shape index (κ2) is 9.47. The SMILES string of the molecule is CCCOc1ccc(C(=O)OCC(=O)NC(C)c2ccccc2)cc1. The van der Waals surface area contributed by atoms with Crippen molar-refractivity contribution in [2.75, 3.05) is 13.2 Å². The number of esters is 1. The molecule has 5 heteroatoms. The maximum Gasteiger partial charge on any atom is 0.338 e. The first-order chi connectivity index (χ1) is 12.1. The molecule has 2 rings (SSSR count). The van der Waals surface area contributed by atoms with Crippen molar-refractivity contribution in [3.63, 3.8) is 0 Å². The minimum Gasteiger partial charge on any atom is -0.494 e. The zero-order valence-electron chi connectivity index (χ0n) is 14.5. The van der Waals surface area contributed by atoms with Crippen molar-refractivity contribution in [3.05, 3.63) is 65.7 Å². The van der Waals surface area contributed by atoms with E-state index in [4.69, 9.17) is 9.47 Å². The van der Waals surface area contributed by atoms with Crippen LogP contribution in [0.15, 0.2) is 54.6 Å². The summed E-state index contributed by atoms with van der Waals surface area (Å²) < 4.78 is 10.5. The molecule has 0 fully saturated rings. The number of hydrogen-bond donors (Lipinski definition) is 1. The van der Waals surface area contributed by atoms with Gasteiger partial charge in [0, 0.05) is 0 Å². The molecule has 0 aliphatic carbocycles. The third kappa shape index (κ3) is 5.95. The van der Waals surface area contributed by atoms with Crippen LogP contribution in [0.3, 0.4) is 0 Å². The highest BCUT2D eigenvalue weighted by atomic mass is 16.5. The molecule has 0 radical (unpaired) electrons. The van der Waals surface area contributed by atoms with Crippen molar-refractivity contribution in [2.45, 2.75) is 26.3 Å². The van der Waals surface area contributed by atoms with Gasteiger partial charge in [0.15, 0.2) is 6.61 Å². The molecule has 0 aliphatic heterocycles. The van der Waals surface area contributed by atoms with Gasteiger partial charge in [-0.2, -0.15) is 0 Å². The average molecular weight is 341 g/mol. The second-order valence-corrected chi connectivity index (χ2v) is 5.65. The molecule has 25 heavy (non-hydrogen) atoms. The Balaban J connectivity index is 1.80. The van der Waals surface area contributed by atoms with Gasteiger partial charge in [0.25, 0.3) is 5.91 Å². The lowest BCUT2D eigenvalue weighted by Crippen LogP contribution is -2.31. The zero-order valence-corrected chi connectivity index (χ0v) is 14.5. The van der Waals surface area contributed by atoms with Gasteiger partial charge in [0.05, 0.1) is 18.2 Å². The molecule has 0 aliphatic rings. The van der Waals surface area contributed by atoms with Crippen LogP contribution in [0.2, 0.25) is 0 Å². The summed E-state index contributed by atoms with van der Waals surface area (Å²) in [5.41, 5.74) is 1.37. The minimum absolute atomic E-state index is 0.151. The maximum absolute atomic E-state index is 12.0. The van der Waals surface area contributed by atoms with E-state index in [2.05, 4.69) is 5.32 Å². The van der Waals surface area contributed by atoms with Gasteiger partial charge in [-0.1, -0.05) is 37.3 Å². The Kier molecular flexibility index (Phi) is 7.01. The molecule has 0 saturated carbocycles. The molecule has 2 aromatic rings. The number of carbonyl (C=O) groups excluding carboxylic acids is 2. The fourth-order valence-electron chi connectivity index (χ4n) is 2.23. The third-order valence-corrected chi connectivity index (χ3v) is 3.57. The lowest BCUT2D eigenvalue weighted by Gasteiger charge is -2.14. The summed E-state index contributed by atoms with van der Waals surface area (Å²) in [6.45, 7) is 4.22. The van der Waals surface area contributed by atoms with Crippen LogP contribution >= 0.6 is 0 Å². The molecule has 132 valence electrons. The lowest BCUT2D eigenvalue weighted by molar-refractivity contribution is -0.124. The Morgan fingerprint density at radius 1 is 1.04 bits per heavy atom. The van der Waals surface area contributed by atoms with Gasteiger partial charge in [-0.25, -0.2) is 4.79 Å². The first-order valence-corrected chi connectivity index (χ1v) is 8.34. The third-order valence-electron chi connectivity index (χ3n) is 3.57. The Morgan fingerprint density at radius 3 is 2.36 bits per heavy atom. The first-order valence-electron chi connectivity index (χ1n) is 8.34. The van der Waals surface area contributed by atoms with E-state index in [1.807, 2.05) is 44.2 Å². The largest absolute Gasteiger partial charge is 0.494 e. The van der Waals surface area contributed by atoms with Crippen LogP contribution in [0, 0.1) is 0 Å². The Morgan fingerprint density at radius 2 is 1.72 bits per heavy atom. The second-order valence-electron chi connectivity index (χ2n) is 5.65. The van der Waals surface area contributed by atoms with Crippen molar-refractivity contribution < 1.29 is 19.1 Å². The normalized spacial score (nSPS) is 11.4. The number of carbonyl (C=O) groups is 2. The van der Waals surface area contributed by atoms with Gasteiger partial charge in [-0.05, 0) is 43.2 Å². The summed E-state index contributed by atoms with van der Waals surface area (Å²) in [4.78, 5) is 23.9. The molecule has 1 unspecified atom stereocenters. The van der Waals surface area contributed by atoms with Gasteiger partial charge in [-0.3, -0.25) is 4.79 Å². The summed E-state index contributed by atoms with van der Waals surface area (Å²) in [6.07, 6.45) is 0.917. The highest BCUT2D eigenvalue weighted by molar-refractivity contribution is 5.91. The van der Waals surface area contributed by atoms with Crippen LogP contribution < -0.4 is 10.1 Å². The fourth-order valence-corrected chi connectivity index (χ4v) is 2.23. The zero-order chi connectivity index (χ0) is 18.1. The number of rotatable bonds is 8. The molecule has 0 bridgehead atoms. The van der Waals surface area contributed by atoms with Gasteiger partial charge < -0.3 is 14.8 Å². The smallest absolute Gasteiger partial charge is 0.338 e. The monoisotopic (exact) mass is 341 g/mol. The molecule has 1 amide bonds. The summed E-state index contributed by atoms with van der Waals surface area (Å²) in [6, 6.07) is 16.1. The molecule has 1 N–H and O–H groups in total. The molecule has 0 saturated heterocycles. The van der Waals surface area contributed by atoms with Gasteiger partial charge >= 0.3 is 5.97 Å². The van der Waals surface area contributed by atoms with Crippen LogP contribution in [0.5, 0.6) is 5.75 Å². The predicted molar refractivity (Wildman–Crippen MR) is 95.5 cm³/mol. The number of amides is 1. The lowest BCUT2D eigenvalue weighted by atomic mass is 10.1. The highest BCUT2D eigenvalue weighted by Gasteiger charge is 2.13. The van der Waals surface area contributed by atoms with E-state index in [9.17, 15) is 9.59 Å². The van der Waals surface area contributed by atoms with Gasteiger partial charge in [-0.15, -0.1) is 0 Å². The number of ether oxygens (including phenoxy) is 2. The van der Waals surface area contributed by atoms with Crippen LogP contribution in [0.4, 0.5) is 0 Å². The van der Waals surface area contributed by atoms with E-state index < -0.39 is 5.97 Å². The molecule has 0 heterocycles. The van der Waals surface area contributed by atoms with E-state index in [-0.39, 0.29) is 18.6 Å². The minimum atomic E-state index is -0.537. The van der Waals surface area contributed by atoms with Crippen LogP contribution in [-0.2, 0) is 9.53 Å². The van der Waals surface area contributed by atoms with Crippen LogP contribution in [0.1, 0.15) is 42.2 Å². The van der Waals surface area contributed by atoms with Crippen molar-refractivity contribution in [2.24, 2.45) is 0 Å². The molecule has 0 spiro atoms. The predicted octanol–water partition coefficient (Wildman–Crippen LogP) is 3.51. The van der Waals surface area contributed by atoms with Crippen molar-refractivity contribution in [1.29, 1.82) is 0 Å². The summed E-state index contributed by atoms with van der Waals surface area (Å²) in [7, 11) is 0. The molecule has 0 aromatic heterocycles. The van der Waals surface area contributed by atoms with E-state index >= 15 is 0 Å². The summed E-state index contributed by atoms with van der Waals surface area (Å²) in [5, 5.41) is 2.80.